The Labute approximate surface area is 109 Å². The molecular weight excluding hydrogens is 261 g/mol. The number of halogens is 2. The van der Waals surface area contributed by atoms with Crippen molar-refractivity contribution >= 4 is 40.5 Å². The van der Waals surface area contributed by atoms with Crippen molar-refractivity contribution in [1.29, 1.82) is 0 Å². The SMILES string of the molecule is Nc1cc(Cl)c(NCC(=O)NC2CC2)c(Cl)c1. The first kappa shape index (κ1) is 12.3. The number of nitrogen functional groups attached to an aromatic ring is 1. The highest BCUT2D eigenvalue weighted by Crippen LogP contribution is 2.32. The van der Waals surface area contributed by atoms with Crippen LogP contribution in [0.25, 0.3) is 0 Å². The van der Waals surface area contributed by atoms with Gasteiger partial charge in [0, 0.05) is 11.7 Å². The van der Waals surface area contributed by atoms with Gasteiger partial charge in [0.1, 0.15) is 0 Å². The summed E-state index contributed by atoms with van der Waals surface area (Å²) in [5.74, 6) is -0.0588. The van der Waals surface area contributed by atoms with Gasteiger partial charge in [0.15, 0.2) is 0 Å². The van der Waals surface area contributed by atoms with E-state index >= 15 is 0 Å². The zero-order valence-electron chi connectivity index (χ0n) is 9.09. The number of nitrogens with one attached hydrogen (secondary N) is 2. The maximum atomic E-state index is 11.5. The highest BCUT2D eigenvalue weighted by Gasteiger charge is 2.23. The number of benzene rings is 1. The van der Waals surface area contributed by atoms with Crippen LogP contribution in [-0.2, 0) is 4.79 Å². The minimum Gasteiger partial charge on any atom is -0.399 e. The lowest BCUT2D eigenvalue weighted by Crippen LogP contribution is -2.31. The van der Waals surface area contributed by atoms with Crippen LogP contribution in [0, 0.1) is 0 Å². The fourth-order valence-electron chi connectivity index (χ4n) is 1.44. The highest BCUT2D eigenvalue weighted by atomic mass is 35.5. The summed E-state index contributed by atoms with van der Waals surface area (Å²) in [6, 6.07) is 3.53. The number of nitrogens with two attached hydrogens (primary N) is 1. The minimum atomic E-state index is -0.0588. The van der Waals surface area contributed by atoms with Crippen LogP contribution < -0.4 is 16.4 Å². The van der Waals surface area contributed by atoms with Crippen molar-refractivity contribution in [2.75, 3.05) is 17.6 Å². The van der Waals surface area contributed by atoms with Crippen molar-refractivity contribution in [2.45, 2.75) is 18.9 Å². The van der Waals surface area contributed by atoms with Gasteiger partial charge in [-0.15, -0.1) is 0 Å². The normalized spacial score (nSPS) is 14.5. The third-order valence-electron chi connectivity index (χ3n) is 2.43. The van der Waals surface area contributed by atoms with Gasteiger partial charge in [0.25, 0.3) is 0 Å². The van der Waals surface area contributed by atoms with E-state index in [0.717, 1.165) is 12.8 Å². The van der Waals surface area contributed by atoms with Gasteiger partial charge >= 0.3 is 0 Å². The highest BCUT2D eigenvalue weighted by molar-refractivity contribution is 6.39. The second-order valence-electron chi connectivity index (χ2n) is 4.05. The Morgan fingerprint density at radius 3 is 2.47 bits per heavy atom. The number of amides is 1. The predicted molar refractivity (Wildman–Crippen MR) is 70.5 cm³/mol. The molecule has 4 nitrogen and oxygen atoms in total. The van der Waals surface area contributed by atoms with Gasteiger partial charge in [-0.3, -0.25) is 4.79 Å². The second-order valence-corrected chi connectivity index (χ2v) is 4.87. The smallest absolute Gasteiger partial charge is 0.239 e. The molecule has 1 amide bonds. The number of rotatable bonds is 4. The summed E-state index contributed by atoms with van der Waals surface area (Å²) in [7, 11) is 0. The molecule has 0 aliphatic heterocycles. The van der Waals surface area contributed by atoms with Gasteiger partial charge in [-0.2, -0.15) is 0 Å². The first-order valence-corrected chi connectivity index (χ1v) is 6.09. The average molecular weight is 274 g/mol. The molecule has 1 aliphatic carbocycles. The first-order chi connectivity index (χ1) is 8.06. The number of hydrogen-bond acceptors (Lipinski definition) is 3. The summed E-state index contributed by atoms with van der Waals surface area (Å²) in [5, 5.41) is 6.59. The third kappa shape index (κ3) is 3.41. The fourth-order valence-corrected chi connectivity index (χ4v) is 2.07. The molecule has 0 atom stereocenters. The van der Waals surface area contributed by atoms with Crippen LogP contribution in [0.1, 0.15) is 12.8 Å². The van der Waals surface area contributed by atoms with E-state index in [0.29, 0.717) is 27.5 Å². The Morgan fingerprint density at radius 1 is 1.35 bits per heavy atom. The fraction of sp³-hybridized carbons (Fsp3) is 0.364. The largest absolute Gasteiger partial charge is 0.399 e. The molecule has 17 heavy (non-hydrogen) atoms. The quantitative estimate of drug-likeness (QED) is 0.738. The number of carbonyl (C=O) groups excluding carboxylic acids is 1. The number of anilines is 2. The molecule has 4 N–H and O–H groups in total. The van der Waals surface area contributed by atoms with E-state index < -0.39 is 0 Å². The van der Waals surface area contributed by atoms with Crippen LogP contribution in [0.5, 0.6) is 0 Å². The summed E-state index contributed by atoms with van der Waals surface area (Å²) in [6.45, 7) is 0.153. The van der Waals surface area contributed by atoms with Crippen molar-refractivity contribution in [3.63, 3.8) is 0 Å². The van der Waals surface area contributed by atoms with Crippen LogP contribution in [-0.4, -0.2) is 18.5 Å². The van der Waals surface area contributed by atoms with Crippen LogP contribution in [0.3, 0.4) is 0 Å². The molecule has 1 fully saturated rings. The summed E-state index contributed by atoms with van der Waals surface area (Å²) in [6.07, 6.45) is 2.13. The molecule has 6 heteroatoms. The molecule has 92 valence electrons. The molecule has 0 radical (unpaired) electrons. The van der Waals surface area contributed by atoms with Crippen molar-refractivity contribution in [2.24, 2.45) is 0 Å². The molecule has 0 saturated heterocycles. The lowest BCUT2D eigenvalue weighted by molar-refractivity contribution is -0.119. The van der Waals surface area contributed by atoms with Crippen molar-refractivity contribution in [3.05, 3.63) is 22.2 Å². The van der Waals surface area contributed by atoms with Gasteiger partial charge in [0.2, 0.25) is 5.91 Å². The Balaban J connectivity index is 1.95. The zero-order valence-corrected chi connectivity index (χ0v) is 10.6. The van der Waals surface area contributed by atoms with Gasteiger partial charge in [-0.05, 0) is 25.0 Å². The third-order valence-corrected chi connectivity index (χ3v) is 3.03. The summed E-state index contributed by atoms with van der Waals surface area (Å²) in [4.78, 5) is 11.5. The van der Waals surface area contributed by atoms with E-state index in [-0.39, 0.29) is 12.5 Å². The van der Waals surface area contributed by atoms with E-state index in [1.54, 1.807) is 12.1 Å². The maximum Gasteiger partial charge on any atom is 0.239 e. The summed E-state index contributed by atoms with van der Waals surface area (Å²) >= 11 is 12.0. The minimum absolute atomic E-state index is 0.0588. The summed E-state index contributed by atoms with van der Waals surface area (Å²) in [5.41, 5.74) is 6.61. The van der Waals surface area contributed by atoms with Crippen LogP contribution >= 0.6 is 23.2 Å². The van der Waals surface area contributed by atoms with Gasteiger partial charge in [-0.25, -0.2) is 0 Å². The van der Waals surface area contributed by atoms with E-state index in [1.165, 1.54) is 0 Å². The standard InChI is InChI=1S/C11H13Cl2N3O/c12-8-3-6(14)4-9(13)11(8)15-5-10(17)16-7-1-2-7/h3-4,7,15H,1-2,5,14H2,(H,16,17). The van der Waals surface area contributed by atoms with E-state index in [2.05, 4.69) is 10.6 Å². The first-order valence-electron chi connectivity index (χ1n) is 5.34. The zero-order chi connectivity index (χ0) is 12.4. The monoisotopic (exact) mass is 273 g/mol. The van der Waals surface area contributed by atoms with Crippen molar-refractivity contribution in [3.8, 4) is 0 Å². The molecule has 0 bridgehead atoms. The lowest BCUT2D eigenvalue weighted by atomic mass is 10.3. The average Bonchev–Trinajstić information content (AvgIpc) is 2.99. The number of hydrogen-bond donors (Lipinski definition) is 3. The van der Waals surface area contributed by atoms with Gasteiger partial charge in [0.05, 0.1) is 22.3 Å². The topological polar surface area (TPSA) is 67.1 Å². The molecule has 2 rings (SSSR count). The molecular formula is C11H13Cl2N3O. The second kappa shape index (κ2) is 5.02. The summed E-state index contributed by atoms with van der Waals surface area (Å²) < 4.78 is 0. The molecule has 1 aromatic rings. The molecule has 1 aliphatic rings. The lowest BCUT2D eigenvalue weighted by Gasteiger charge is -2.11. The predicted octanol–water partition coefficient (Wildman–Crippen LogP) is 2.27. The van der Waals surface area contributed by atoms with Gasteiger partial charge in [-0.1, -0.05) is 23.2 Å². The Hall–Kier alpha value is -1.13. The van der Waals surface area contributed by atoms with Crippen molar-refractivity contribution < 1.29 is 4.79 Å². The molecule has 1 aromatic carbocycles. The maximum absolute atomic E-state index is 11.5. The molecule has 0 unspecified atom stereocenters. The van der Waals surface area contributed by atoms with Crippen LogP contribution in [0.2, 0.25) is 10.0 Å². The van der Waals surface area contributed by atoms with E-state index in [4.69, 9.17) is 28.9 Å². The number of carbonyl (C=O) groups is 1. The van der Waals surface area contributed by atoms with E-state index in [9.17, 15) is 4.79 Å². The molecule has 0 aromatic heterocycles. The molecule has 0 heterocycles. The van der Waals surface area contributed by atoms with Crippen molar-refractivity contribution in [1.82, 2.24) is 5.32 Å². The Kier molecular flexibility index (Phi) is 3.64. The Morgan fingerprint density at radius 2 is 1.94 bits per heavy atom. The molecule has 1 saturated carbocycles. The van der Waals surface area contributed by atoms with Gasteiger partial charge < -0.3 is 16.4 Å². The van der Waals surface area contributed by atoms with Crippen LogP contribution in [0.15, 0.2) is 12.1 Å². The van der Waals surface area contributed by atoms with E-state index in [1.807, 2.05) is 0 Å². The Bertz CT molecular complexity index is 423. The molecule has 0 spiro atoms. The van der Waals surface area contributed by atoms with Crippen LogP contribution in [0.4, 0.5) is 11.4 Å².